The molecule has 3 aliphatic rings. The topological polar surface area (TPSA) is 60.9 Å². The van der Waals surface area contributed by atoms with Crippen molar-refractivity contribution in [3.8, 4) is 0 Å². The van der Waals surface area contributed by atoms with Crippen molar-refractivity contribution in [2.75, 3.05) is 11.4 Å². The summed E-state index contributed by atoms with van der Waals surface area (Å²) in [4.78, 5) is 2.26. The van der Waals surface area contributed by atoms with Crippen molar-refractivity contribution in [3.63, 3.8) is 0 Å². The smallest absolute Gasteiger partial charge is 0.244 e. The van der Waals surface area contributed by atoms with Crippen molar-refractivity contribution in [2.24, 2.45) is 0 Å². The van der Waals surface area contributed by atoms with E-state index in [2.05, 4.69) is 15.9 Å². The minimum Gasteiger partial charge on any atom is -0.374 e. The van der Waals surface area contributed by atoms with Crippen molar-refractivity contribution in [3.05, 3.63) is 22.2 Å². The normalized spacial score (nSPS) is 22.8. The number of anilines is 1. The van der Waals surface area contributed by atoms with Crippen LogP contribution >= 0.6 is 15.9 Å². The van der Waals surface area contributed by atoms with E-state index >= 15 is 0 Å². The molecule has 0 saturated heterocycles. The van der Waals surface area contributed by atoms with Crippen molar-refractivity contribution >= 4 is 31.6 Å². The van der Waals surface area contributed by atoms with Gasteiger partial charge in [-0.05, 0) is 72.7 Å². The van der Waals surface area contributed by atoms with Gasteiger partial charge in [0.25, 0.3) is 0 Å². The van der Waals surface area contributed by atoms with Gasteiger partial charge in [-0.2, -0.15) is 4.31 Å². The van der Waals surface area contributed by atoms with Crippen LogP contribution in [0.25, 0.3) is 0 Å². The molecule has 2 fully saturated rings. The van der Waals surface area contributed by atoms with E-state index in [9.17, 15) is 13.5 Å². The van der Waals surface area contributed by atoms with Crippen molar-refractivity contribution in [2.45, 2.75) is 101 Å². The quantitative estimate of drug-likeness (QED) is 0.651. The first-order valence-corrected chi connectivity index (χ1v) is 13.4. The molecule has 0 amide bonds. The van der Waals surface area contributed by atoms with Crippen molar-refractivity contribution < 1.29 is 13.5 Å². The standard InChI is InChI=1S/C22H33BrN2O3S/c1-16(26)24-13-12-17-14-20(23)22(15-21(17)24)29(27,28)25(18-8-4-2-5-9-18)19-10-6-3-7-11-19/h14-16,18-19,26H,2-13H2,1H3. The molecule has 0 aromatic heterocycles. The number of halogens is 1. The van der Waals surface area contributed by atoms with Crippen LogP contribution in [0.4, 0.5) is 5.69 Å². The molecule has 7 heteroatoms. The molecule has 0 radical (unpaired) electrons. The SMILES string of the molecule is CC(O)N1CCc2cc(Br)c(S(=O)(=O)N(C3CCCCC3)C3CCCCC3)cc21. The molecule has 4 rings (SSSR count). The molecule has 1 aromatic rings. The fraction of sp³-hybridized carbons (Fsp3) is 0.727. The highest BCUT2D eigenvalue weighted by molar-refractivity contribution is 9.10. The molecule has 2 saturated carbocycles. The van der Waals surface area contributed by atoms with Gasteiger partial charge in [0.15, 0.2) is 0 Å². The molecule has 1 aliphatic heterocycles. The Bertz CT molecular complexity index is 813. The van der Waals surface area contributed by atoms with Crippen LogP contribution < -0.4 is 4.90 Å². The number of sulfonamides is 1. The summed E-state index contributed by atoms with van der Waals surface area (Å²) in [5, 5.41) is 10.1. The highest BCUT2D eigenvalue weighted by atomic mass is 79.9. The van der Waals surface area contributed by atoms with Crippen LogP contribution in [-0.4, -0.2) is 42.7 Å². The van der Waals surface area contributed by atoms with E-state index in [4.69, 9.17) is 0 Å². The molecule has 0 spiro atoms. The Kier molecular flexibility index (Phi) is 6.59. The Labute approximate surface area is 183 Å². The molecule has 5 nitrogen and oxygen atoms in total. The van der Waals surface area contributed by atoms with Crippen LogP contribution in [0.1, 0.15) is 76.7 Å². The number of nitrogens with zero attached hydrogens (tertiary/aromatic N) is 2. The molecule has 1 N–H and O–H groups in total. The summed E-state index contributed by atoms with van der Waals surface area (Å²) in [6.07, 6.45) is 11.0. The second-order valence-corrected chi connectivity index (χ2v) is 11.6. The Morgan fingerprint density at radius 3 is 2.10 bits per heavy atom. The zero-order valence-corrected chi connectivity index (χ0v) is 19.7. The molecule has 162 valence electrons. The van der Waals surface area contributed by atoms with E-state index in [1.807, 2.05) is 15.3 Å². The van der Waals surface area contributed by atoms with Gasteiger partial charge in [0.2, 0.25) is 10.0 Å². The van der Waals surface area contributed by atoms with E-state index in [0.29, 0.717) is 9.37 Å². The van der Waals surface area contributed by atoms with Crippen LogP contribution in [-0.2, 0) is 16.4 Å². The molecule has 0 bridgehead atoms. The van der Waals surface area contributed by atoms with Gasteiger partial charge in [0, 0.05) is 28.8 Å². The average molecular weight is 485 g/mol. The number of rotatable bonds is 5. The Balaban J connectivity index is 1.75. The van der Waals surface area contributed by atoms with Crippen LogP contribution in [0.5, 0.6) is 0 Å². The molecule has 1 heterocycles. The minimum absolute atomic E-state index is 0.116. The van der Waals surface area contributed by atoms with Gasteiger partial charge >= 0.3 is 0 Å². The maximum absolute atomic E-state index is 14.0. The third-order valence-corrected chi connectivity index (χ3v) is 9.90. The summed E-state index contributed by atoms with van der Waals surface area (Å²) in [5.74, 6) is 0. The third-order valence-electron chi connectivity index (χ3n) is 6.94. The summed E-state index contributed by atoms with van der Waals surface area (Å²) < 4.78 is 30.6. The molecule has 1 atom stereocenters. The Hall–Kier alpha value is -0.630. The lowest BCUT2D eigenvalue weighted by Crippen LogP contribution is -2.48. The minimum atomic E-state index is -3.62. The van der Waals surface area contributed by atoms with Crippen LogP contribution in [0, 0.1) is 0 Å². The predicted octanol–water partition coefficient (Wildman–Crippen LogP) is 4.81. The fourth-order valence-corrected chi connectivity index (χ4v) is 8.48. The van der Waals surface area contributed by atoms with Gasteiger partial charge in [0.05, 0.1) is 4.90 Å². The van der Waals surface area contributed by atoms with E-state index in [0.717, 1.165) is 75.6 Å². The number of aliphatic hydroxyl groups excluding tert-OH is 1. The first-order chi connectivity index (χ1) is 13.9. The van der Waals surface area contributed by atoms with E-state index in [1.165, 1.54) is 12.8 Å². The number of benzene rings is 1. The second kappa shape index (κ2) is 8.85. The third kappa shape index (κ3) is 4.25. The largest absolute Gasteiger partial charge is 0.374 e. The molecule has 2 aliphatic carbocycles. The second-order valence-electron chi connectivity index (χ2n) is 8.91. The fourth-order valence-electron chi connectivity index (χ4n) is 5.47. The lowest BCUT2D eigenvalue weighted by atomic mass is 9.91. The maximum Gasteiger partial charge on any atom is 0.244 e. The highest BCUT2D eigenvalue weighted by Gasteiger charge is 2.40. The number of hydrogen-bond acceptors (Lipinski definition) is 4. The van der Waals surface area contributed by atoms with Gasteiger partial charge in [-0.25, -0.2) is 8.42 Å². The average Bonchev–Trinajstić information content (AvgIpc) is 3.12. The molecule has 29 heavy (non-hydrogen) atoms. The van der Waals surface area contributed by atoms with Crippen molar-refractivity contribution in [1.82, 2.24) is 4.31 Å². The predicted molar refractivity (Wildman–Crippen MR) is 120 cm³/mol. The lowest BCUT2D eigenvalue weighted by molar-refractivity contribution is 0.169. The first-order valence-electron chi connectivity index (χ1n) is 11.2. The van der Waals surface area contributed by atoms with E-state index in [-0.39, 0.29) is 12.1 Å². The maximum atomic E-state index is 14.0. The van der Waals surface area contributed by atoms with Gasteiger partial charge in [-0.1, -0.05) is 38.5 Å². The van der Waals surface area contributed by atoms with Crippen LogP contribution in [0.15, 0.2) is 21.5 Å². The lowest BCUT2D eigenvalue weighted by Gasteiger charge is -2.40. The molecular formula is C22H33BrN2O3S. The monoisotopic (exact) mass is 484 g/mol. The summed E-state index contributed by atoms with van der Waals surface area (Å²) in [6.45, 7) is 2.46. The van der Waals surface area contributed by atoms with E-state index < -0.39 is 16.3 Å². The summed E-state index contributed by atoms with van der Waals surface area (Å²) >= 11 is 3.57. The first kappa shape index (κ1) is 21.6. The van der Waals surface area contributed by atoms with Gasteiger partial charge in [0.1, 0.15) is 6.23 Å². The number of fused-ring (bicyclic) bond motifs is 1. The van der Waals surface area contributed by atoms with Gasteiger partial charge in [-0.15, -0.1) is 0 Å². The van der Waals surface area contributed by atoms with Crippen molar-refractivity contribution in [1.29, 1.82) is 0 Å². The van der Waals surface area contributed by atoms with Gasteiger partial charge in [-0.3, -0.25) is 0 Å². The van der Waals surface area contributed by atoms with Gasteiger partial charge < -0.3 is 10.0 Å². The highest BCUT2D eigenvalue weighted by Crippen LogP contribution is 2.40. The number of aliphatic hydroxyl groups is 1. The summed E-state index contributed by atoms with van der Waals surface area (Å²) in [5.41, 5.74) is 1.95. The molecular weight excluding hydrogens is 452 g/mol. The Morgan fingerprint density at radius 2 is 1.59 bits per heavy atom. The molecule has 1 unspecified atom stereocenters. The zero-order valence-electron chi connectivity index (χ0n) is 17.3. The van der Waals surface area contributed by atoms with Crippen LogP contribution in [0.2, 0.25) is 0 Å². The zero-order chi connectivity index (χ0) is 20.6. The summed E-state index contributed by atoms with van der Waals surface area (Å²) in [6, 6.07) is 3.98. The van der Waals surface area contributed by atoms with Crippen LogP contribution in [0.3, 0.4) is 0 Å². The molecule has 1 aromatic carbocycles. The Morgan fingerprint density at radius 1 is 1.03 bits per heavy atom. The van der Waals surface area contributed by atoms with E-state index in [1.54, 1.807) is 13.0 Å². The summed E-state index contributed by atoms with van der Waals surface area (Å²) in [7, 11) is -3.62. The number of hydrogen-bond donors (Lipinski definition) is 1.